The van der Waals surface area contributed by atoms with E-state index in [1.807, 2.05) is 0 Å². The Morgan fingerprint density at radius 1 is 0.958 bits per heavy atom. The van der Waals surface area contributed by atoms with E-state index in [1.54, 1.807) is 0 Å². The Hall–Kier alpha value is -1.38. The predicted octanol–water partition coefficient (Wildman–Crippen LogP) is 6.28. The number of halogens is 2. The van der Waals surface area contributed by atoms with E-state index >= 15 is 0 Å². The summed E-state index contributed by atoms with van der Waals surface area (Å²) in [5, 5.41) is 3.77. The van der Waals surface area contributed by atoms with Gasteiger partial charge in [0.1, 0.15) is 10.3 Å². The maximum atomic E-state index is 6.63. The monoisotopic (exact) mass is 362 g/mol. The van der Waals surface area contributed by atoms with Crippen LogP contribution in [-0.2, 0) is 6.42 Å². The van der Waals surface area contributed by atoms with Gasteiger partial charge in [-0.15, -0.1) is 0 Å². The maximum Gasteiger partial charge on any atom is 0.146 e. The summed E-state index contributed by atoms with van der Waals surface area (Å²) in [5.41, 5.74) is 2.49. The summed E-state index contributed by atoms with van der Waals surface area (Å²) in [6.07, 6.45) is 4.53. The normalized spacial score (nSPS) is 15.0. The van der Waals surface area contributed by atoms with Gasteiger partial charge in [-0.25, -0.2) is 0 Å². The number of aryl methyl sites for hydroxylation is 1. The lowest BCUT2D eigenvalue weighted by Gasteiger charge is -2.26. The van der Waals surface area contributed by atoms with Gasteiger partial charge in [-0.2, -0.15) is 0 Å². The van der Waals surface area contributed by atoms with E-state index in [1.165, 1.54) is 34.9 Å². The van der Waals surface area contributed by atoms with Crippen LogP contribution in [0.15, 0.2) is 46.7 Å². The molecule has 0 fully saturated rings. The van der Waals surface area contributed by atoms with Crippen molar-refractivity contribution < 1.29 is 0 Å². The van der Waals surface area contributed by atoms with Crippen LogP contribution in [0.25, 0.3) is 10.8 Å². The number of rotatable bonds is 6. The zero-order chi connectivity index (χ0) is 17.1. The van der Waals surface area contributed by atoms with E-state index in [2.05, 4.69) is 60.0 Å². The Balaban J connectivity index is 1.99. The highest BCUT2D eigenvalue weighted by molar-refractivity contribution is 6.40. The number of unbranched alkanes of at least 4 members (excludes halogenated alkanes) is 2. The average Bonchev–Trinajstić information content (AvgIpc) is 2.89. The fourth-order valence-electron chi connectivity index (χ4n) is 3.33. The molecule has 0 unspecified atom stereocenters. The van der Waals surface area contributed by atoms with Gasteiger partial charge in [0.25, 0.3) is 0 Å². The summed E-state index contributed by atoms with van der Waals surface area (Å²) >= 11 is 13.2. The molecule has 0 spiro atoms. The molecule has 0 saturated heterocycles. The Bertz CT molecular complexity index is 754. The molecule has 0 aliphatic carbocycles. The summed E-state index contributed by atoms with van der Waals surface area (Å²) < 4.78 is 0. The number of hydrogen-bond acceptors (Lipinski definition) is 2. The average molecular weight is 363 g/mol. The van der Waals surface area contributed by atoms with Crippen LogP contribution in [0, 0.1) is 0 Å². The highest BCUT2D eigenvalue weighted by atomic mass is 35.5. The highest BCUT2D eigenvalue weighted by Crippen LogP contribution is 2.40. The first-order valence-corrected chi connectivity index (χ1v) is 9.51. The van der Waals surface area contributed by atoms with Gasteiger partial charge in [-0.1, -0.05) is 86.3 Å². The maximum absolute atomic E-state index is 6.63. The molecule has 0 N–H and O–H groups in total. The van der Waals surface area contributed by atoms with E-state index in [0.29, 0.717) is 10.3 Å². The molecule has 128 valence electrons. The Morgan fingerprint density at radius 3 is 2.50 bits per heavy atom. The number of fused-ring (bicyclic) bond motifs is 1. The van der Waals surface area contributed by atoms with Crippen LogP contribution in [0.3, 0.4) is 0 Å². The molecule has 0 radical (unpaired) electrons. The van der Waals surface area contributed by atoms with Crippen molar-refractivity contribution in [2.75, 3.05) is 18.1 Å². The first kappa shape index (κ1) is 17.4. The van der Waals surface area contributed by atoms with Gasteiger partial charge < -0.3 is 9.80 Å². The Kier molecular flexibility index (Phi) is 5.57. The fourth-order valence-corrected chi connectivity index (χ4v) is 3.83. The van der Waals surface area contributed by atoms with Crippen molar-refractivity contribution in [2.45, 2.75) is 39.5 Å². The summed E-state index contributed by atoms with van der Waals surface area (Å²) in [5.74, 6) is 0. The largest absolute Gasteiger partial charge is 0.342 e. The van der Waals surface area contributed by atoms with Crippen LogP contribution < -0.4 is 4.90 Å². The van der Waals surface area contributed by atoms with Gasteiger partial charge in [-0.3, -0.25) is 0 Å². The molecule has 2 aromatic rings. The van der Waals surface area contributed by atoms with Crippen LogP contribution in [0.4, 0.5) is 5.69 Å². The molecule has 2 nitrogen and oxygen atoms in total. The second-order valence-electron chi connectivity index (χ2n) is 6.27. The highest BCUT2D eigenvalue weighted by Gasteiger charge is 2.29. The lowest BCUT2D eigenvalue weighted by atomic mass is 10.0. The molecule has 4 heteroatoms. The topological polar surface area (TPSA) is 6.48 Å². The molecule has 1 heterocycles. The van der Waals surface area contributed by atoms with Crippen LogP contribution >= 0.6 is 23.2 Å². The summed E-state index contributed by atoms with van der Waals surface area (Å²) in [7, 11) is 0. The second-order valence-corrected chi connectivity index (χ2v) is 6.99. The standard InChI is InChI=1S/C20H24Cl2N2/c1-3-5-8-13-23-14-24(20(22)19(23)21)18-15(4-2)11-12-16-9-6-7-10-17(16)18/h6-7,9-12H,3-5,8,13-14H2,1-2H3. The van der Waals surface area contributed by atoms with Crippen molar-refractivity contribution in [3.63, 3.8) is 0 Å². The van der Waals surface area contributed by atoms with Gasteiger partial charge in [0.15, 0.2) is 0 Å². The molecular formula is C20H24Cl2N2. The number of anilines is 1. The van der Waals surface area contributed by atoms with Crippen LogP contribution in [0.2, 0.25) is 0 Å². The summed E-state index contributed by atoms with van der Waals surface area (Å²) in [6, 6.07) is 12.9. The minimum Gasteiger partial charge on any atom is -0.342 e. The smallest absolute Gasteiger partial charge is 0.146 e. The van der Waals surface area contributed by atoms with Gasteiger partial charge in [0, 0.05) is 11.9 Å². The lowest BCUT2D eigenvalue weighted by Crippen LogP contribution is -2.28. The zero-order valence-corrected chi connectivity index (χ0v) is 15.9. The Morgan fingerprint density at radius 2 is 1.75 bits per heavy atom. The van der Waals surface area contributed by atoms with Gasteiger partial charge in [0.05, 0.1) is 12.4 Å². The van der Waals surface area contributed by atoms with Crippen molar-refractivity contribution in [3.05, 3.63) is 52.3 Å². The second kappa shape index (κ2) is 7.67. The van der Waals surface area contributed by atoms with Crippen molar-refractivity contribution in [1.29, 1.82) is 0 Å². The van der Waals surface area contributed by atoms with E-state index in [9.17, 15) is 0 Å². The van der Waals surface area contributed by atoms with Gasteiger partial charge >= 0.3 is 0 Å². The molecule has 2 aromatic carbocycles. The van der Waals surface area contributed by atoms with Crippen LogP contribution in [0.1, 0.15) is 38.7 Å². The molecule has 0 saturated carbocycles. The van der Waals surface area contributed by atoms with Crippen LogP contribution in [0.5, 0.6) is 0 Å². The minimum atomic E-state index is 0.638. The van der Waals surface area contributed by atoms with Crippen molar-refractivity contribution in [2.24, 2.45) is 0 Å². The quantitative estimate of drug-likeness (QED) is 0.440. The third-order valence-corrected chi connectivity index (χ3v) is 5.56. The molecule has 1 aliphatic heterocycles. The number of hydrogen-bond donors (Lipinski definition) is 0. The SMILES string of the molecule is CCCCCN1CN(c2c(CC)ccc3ccccc23)C(Cl)=C1Cl. The zero-order valence-electron chi connectivity index (χ0n) is 14.4. The number of benzene rings is 2. The van der Waals surface area contributed by atoms with E-state index in [0.717, 1.165) is 26.1 Å². The Labute approximate surface area is 154 Å². The molecule has 0 aromatic heterocycles. The van der Waals surface area contributed by atoms with Gasteiger partial charge in [-0.05, 0) is 23.8 Å². The van der Waals surface area contributed by atoms with Crippen LogP contribution in [-0.4, -0.2) is 18.1 Å². The van der Waals surface area contributed by atoms with Crippen molar-refractivity contribution in [1.82, 2.24) is 4.90 Å². The molecular weight excluding hydrogens is 339 g/mol. The van der Waals surface area contributed by atoms with Gasteiger partial charge in [0.2, 0.25) is 0 Å². The molecule has 3 rings (SSSR count). The fraction of sp³-hybridized carbons (Fsp3) is 0.400. The summed E-state index contributed by atoms with van der Waals surface area (Å²) in [4.78, 5) is 4.35. The molecule has 0 amide bonds. The third kappa shape index (κ3) is 3.22. The first-order valence-electron chi connectivity index (χ1n) is 8.75. The van der Waals surface area contributed by atoms with Crippen molar-refractivity contribution >= 4 is 39.7 Å². The van der Waals surface area contributed by atoms with E-state index in [4.69, 9.17) is 23.2 Å². The lowest BCUT2D eigenvalue weighted by molar-refractivity contribution is 0.382. The molecule has 24 heavy (non-hydrogen) atoms. The first-order chi connectivity index (χ1) is 11.7. The molecule has 0 atom stereocenters. The molecule has 0 bridgehead atoms. The third-order valence-electron chi connectivity index (χ3n) is 4.66. The van der Waals surface area contributed by atoms with E-state index < -0.39 is 0 Å². The molecule has 1 aliphatic rings. The predicted molar refractivity (Wildman–Crippen MR) is 106 cm³/mol. The minimum absolute atomic E-state index is 0.638. The summed E-state index contributed by atoms with van der Waals surface area (Å²) in [6.45, 7) is 6.07. The number of nitrogens with zero attached hydrogens (tertiary/aromatic N) is 2. The van der Waals surface area contributed by atoms with E-state index in [-0.39, 0.29) is 0 Å². The van der Waals surface area contributed by atoms with Crippen molar-refractivity contribution in [3.8, 4) is 0 Å².